The summed E-state index contributed by atoms with van der Waals surface area (Å²) < 4.78 is 50.7. The fraction of sp³-hybridized carbons (Fsp3) is 0.316. The highest BCUT2D eigenvalue weighted by Crippen LogP contribution is 2.25. The standard InChI is InChI=1S/C19H21N3O7S2/c1-30(26,27)18-11-14(10-16(13-18)22(24)25)19(23)20-15-6-5-7-17(12-15)31(28,29)21-8-3-2-4-9-21/h5-7,10-13H,2-4,8-9H2,1H3,(H,20,23). The number of benzene rings is 2. The van der Waals surface area contributed by atoms with E-state index in [9.17, 15) is 31.7 Å². The quantitative estimate of drug-likeness (QED) is 0.507. The Morgan fingerprint density at radius 3 is 2.29 bits per heavy atom. The van der Waals surface area contributed by atoms with Crippen LogP contribution >= 0.6 is 0 Å². The number of non-ortho nitro benzene ring substituents is 1. The molecular weight excluding hydrogens is 446 g/mol. The van der Waals surface area contributed by atoms with Crippen LogP contribution in [0.1, 0.15) is 29.6 Å². The first-order valence-corrected chi connectivity index (χ1v) is 12.7. The van der Waals surface area contributed by atoms with Gasteiger partial charge in [0.2, 0.25) is 10.0 Å². The number of sulfonamides is 1. The normalized spacial score (nSPS) is 15.4. The second-order valence-corrected chi connectivity index (χ2v) is 11.1. The average Bonchev–Trinajstić information content (AvgIpc) is 2.73. The summed E-state index contributed by atoms with van der Waals surface area (Å²) in [6, 6.07) is 8.54. The van der Waals surface area contributed by atoms with Crippen molar-refractivity contribution < 1.29 is 26.6 Å². The number of anilines is 1. The first-order chi connectivity index (χ1) is 14.5. The number of hydrogen-bond acceptors (Lipinski definition) is 7. The summed E-state index contributed by atoms with van der Waals surface area (Å²) in [7, 11) is -7.51. The van der Waals surface area contributed by atoms with Crippen LogP contribution in [0.5, 0.6) is 0 Å². The molecule has 1 fully saturated rings. The van der Waals surface area contributed by atoms with Gasteiger partial charge >= 0.3 is 0 Å². The van der Waals surface area contributed by atoms with Gasteiger partial charge in [-0.05, 0) is 37.1 Å². The van der Waals surface area contributed by atoms with Gasteiger partial charge in [0, 0.05) is 42.7 Å². The van der Waals surface area contributed by atoms with E-state index in [0.29, 0.717) is 13.1 Å². The highest BCUT2D eigenvalue weighted by Gasteiger charge is 2.26. The summed E-state index contributed by atoms with van der Waals surface area (Å²) in [5.41, 5.74) is -0.621. The summed E-state index contributed by atoms with van der Waals surface area (Å²) in [4.78, 5) is 22.6. The van der Waals surface area contributed by atoms with Gasteiger partial charge in [-0.3, -0.25) is 14.9 Å². The van der Waals surface area contributed by atoms with Crippen LogP contribution in [0.2, 0.25) is 0 Å². The molecule has 0 unspecified atom stereocenters. The van der Waals surface area contributed by atoms with Crippen LogP contribution in [0.15, 0.2) is 52.3 Å². The van der Waals surface area contributed by atoms with Gasteiger partial charge in [-0.25, -0.2) is 16.8 Å². The number of hydrogen-bond donors (Lipinski definition) is 1. The second kappa shape index (κ2) is 8.73. The monoisotopic (exact) mass is 467 g/mol. The zero-order chi connectivity index (χ0) is 22.8. The molecule has 31 heavy (non-hydrogen) atoms. The van der Waals surface area contributed by atoms with Gasteiger partial charge in [-0.2, -0.15) is 4.31 Å². The van der Waals surface area contributed by atoms with Crippen LogP contribution in [-0.2, 0) is 19.9 Å². The highest BCUT2D eigenvalue weighted by molar-refractivity contribution is 7.90. The summed E-state index contributed by atoms with van der Waals surface area (Å²) >= 11 is 0. The Hall–Kier alpha value is -2.83. The number of piperidine rings is 1. The maximum absolute atomic E-state index is 12.8. The van der Waals surface area contributed by atoms with Crippen molar-refractivity contribution >= 4 is 37.1 Å². The highest BCUT2D eigenvalue weighted by atomic mass is 32.2. The number of carbonyl (C=O) groups excluding carboxylic acids is 1. The van der Waals surface area contributed by atoms with E-state index >= 15 is 0 Å². The molecule has 0 saturated carbocycles. The van der Waals surface area contributed by atoms with Crippen LogP contribution < -0.4 is 5.32 Å². The molecule has 0 atom stereocenters. The lowest BCUT2D eigenvalue weighted by atomic mass is 10.2. The van der Waals surface area contributed by atoms with Crippen molar-refractivity contribution in [3.63, 3.8) is 0 Å². The number of amides is 1. The second-order valence-electron chi connectivity index (χ2n) is 7.19. The molecule has 0 aromatic heterocycles. The van der Waals surface area contributed by atoms with Crippen LogP contribution in [-0.4, -0.2) is 51.3 Å². The molecule has 1 saturated heterocycles. The van der Waals surface area contributed by atoms with Gasteiger partial charge in [0.05, 0.1) is 14.7 Å². The van der Waals surface area contributed by atoms with E-state index in [1.165, 1.54) is 28.6 Å². The number of carbonyl (C=O) groups is 1. The average molecular weight is 468 g/mol. The Morgan fingerprint density at radius 1 is 1.00 bits per heavy atom. The smallest absolute Gasteiger partial charge is 0.271 e. The zero-order valence-electron chi connectivity index (χ0n) is 16.6. The van der Waals surface area contributed by atoms with Gasteiger partial charge in [0.15, 0.2) is 9.84 Å². The Balaban J connectivity index is 1.90. The number of nitro groups is 1. The summed E-state index contributed by atoms with van der Waals surface area (Å²) in [5, 5.41) is 13.6. The Kier molecular flexibility index (Phi) is 6.43. The van der Waals surface area contributed by atoms with Crippen LogP contribution in [0.3, 0.4) is 0 Å². The van der Waals surface area contributed by atoms with E-state index in [1.54, 1.807) is 0 Å². The van der Waals surface area contributed by atoms with Crippen molar-refractivity contribution in [2.45, 2.75) is 29.1 Å². The molecule has 0 radical (unpaired) electrons. The number of nitrogens with one attached hydrogen (secondary N) is 1. The first-order valence-electron chi connectivity index (χ1n) is 9.39. The number of sulfone groups is 1. The van der Waals surface area contributed by atoms with E-state index in [-0.39, 0.29) is 21.0 Å². The molecular formula is C19H21N3O7S2. The maximum atomic E-state index is 12.8. The minimum absolute atomic E-state index is 0.0167. The minimum atomic E-state index is -3.80. The lowest BCUT2D eigenvalue weighted by Crippen LogP contribution is -2.35. The Labute approximate surface area is 180 Å². The van der Waals surface area contributed by atoms with Crippen molar-refractivity contribution in [2.75, 3.05) is 24.7 Å². The fourth-order valence-electron chi connectivity index (χ4n) is 3.23. The zero-order valence-corrected chi connectivity index (χ0v) is 18.3. The SMILES string of the molecule is CS(=O)(=O)c1cc(C(=O)Nc2cccc(S(=O)(=O)N3CCCCC3)c2)cc([N+](=O)[O-])c1. The lowest BCUT2D eigenvalue weighted by molar-refractivity contribution is -0.385. The molecule has 1 amide bonds. The molecule has 2 aromatic carbocycles. The molecule has 1 heterocycles. The summed E-state index contributed by atoms with van der Waals surface area (Å²) in [6.45, 7) is 0.863. The van der Waals surface area contributed by atoms with Crippen LogP contribution in [0, 0.1) is 10.1 Å². The van der Waals surface area contributed by atoms with Crippen molar-refractivity contribution in [1.82, 2.24) is 4.31 Å². The molecule has 10 nitrogen and oxygen atoms in total. The molecule has 0 aliphatic carbocycles. The van der Waals surface area contributed by atoms with Gasteiger partial charge in [0.1, 0.15) is 0 Å². The molecule has 0 bridgehead atoms. The third kappa shape index (κ3) is 5.27. The van der Waals surface area contributed by atoms with Crippen LogP contribution in [0.25, 0.3) is 0 Å². The van der Waals surface area contributed by atoms with E-state index in [0.717, 1.165) is 43.7 Å². The predicted molar refractivity (Wildman–Crippen MR) is 113 cm³/mol. The van der Waals surface area contributed by atoms with Crippen molar-refractivity contribution in [1.29, 1.82) is 0 Å². The number of nitro benzene ring substituents is 1. The van der Waals surface area contributed by atoms with Gasteiger partial charge in [-0.1, -0.05) is 12.5 Å². The van der Waals surface area contributed by atoms with Gasteiger partial charge < -0.3 is 5.32 Å². The third-order valence-corrected chi connectivity index (χ3v) is 7.82. The molecule has 166 valence electrons. The third-order valence-electron chi connectivity index (χ3n) is 4.84. The summed E-state index contributed by atoms with van der Waals surface area (Å²) in [5.74, 6) is -0.805. The van der Waals surface area contributed by atoms with Crippen molar-refractivity contribution in [2.24, 2.45) is 0 Å². The Morgan fingerprint density at radius 2 is 1.68 bits per heavy atom. The maximum Gasteiger partial charge on any atom is 0.271 e. The molecule has 1 aliphatic rings. The van der Waals surface area contributed by atoms with E-state index in [1.807, 2.05) is 0 Å². The largest absolute Gasteiger partial charge is 0.322 e. The van der Waals surface area contributed by atoms with Crippen molar-refractivity contribution in [3.8, 4) is 0 Å². The van der Waals surface area contributed by atoms with E-state index in [2.05, 4.69) is 5.32 Å². The van der Waals surface area contributed by atoms with Gasteiger partial charge in [-0.15, -0.1) is 0 Å². The minimum Gasteiger partial charge on any atom is -0.322 e. The fourth-order valence-corrected chi connectivity index (χ4v) is 5.47. The molecule has 2 aromatic rings. The Bertz CT molecular complexity index is 1230. The van der Waals surface area contributed by atoms with Crippen molar-refractivity contribution in [3.05, 3.63) is 58.1 Å². The summed E-state index contributed by atoms with van der Waals surface area (Å²) in [6.07, 6.45) is 3.42. The number of nitrogens with zero attached hydrogens (tertiary/aromatic N) is 2. The lowest BCUT2D eigenvalue weighted by Gasteiger charge is -2.26. The van der Waals surface area contributed by atoms with Crippen LogP contribution in [0.4, 0.5) is 11.4 Å². The van der Waals surface area contributed by atoms with E-state index < -0.39 is 36.4 Å². The van der Waals surface area contributed by atoms with E-state index in [4.69, 9.17) is 0 Å². The topological polar surface area (TPSA) is 144 Å². The first kappa shape index (κ1) is 22.8. The van der Waals surface area contributed by atoms with Gasteiger partial charge in [0.25, 0.3) is 11.6 Å². The number of rotatable bonds is 6. The molecule has 12 heteroatoms. The molecule has 1 N–H and O–H groups in total. The molecule has 3 rings (SSSR count). The molecule has 1 aliphatic heterocycles. The predicted octanol–water partition coefficient (Wildman–Crippen LogP) is 2.43. The molecule has 0 spiro atoms.